The highest BCUT2D eigenvalue weighted by Crippen LogP contribution is 2.27. The number of benzene rings is 1. The third-order valence-electron chi connectivity index (χ3n) is 1.52. The third-order valence-corrected chi connectivity index (χ3v) is 2.34. The Labute approximate surface area is 101 Å². The first kappa shape index (κ1) is 11.9. The summed E-state index contributed by atoms with van der Waals surface area (Å²) in [6.45, 7) is 0. The number of carbonyl (C=O) groups excluding carboxylic acids is 1. The van der Waals surface area contributed by atoms with E-state index in [1.165, 1.54) is 0 Å². The van der Waals surface area contributed by atoms with Gasteiger partial charge in [-0.15, -0.1) is 0 Å². The summed E-state index contributed by atoms with van der Waals surface area (Å²) in [7, 11) is 0. The minimum atomic E-state index is -0.702. The van der Waals surface area contributed by atoms with E-state index in [1.807, 2.05) is 0 Å². The standard InChI is InChI=1S/C9H4Cl4O/c10-6-3-1-5(2-4-6)7(8(11)12)9(13)14/h1-4H. The van der Waals surface area contributed by atoms with Crippen molar-refractivity contribution in [2.24, 2.45) is 0 Å². The lowest BCUT2D eigenvalue weighted by atomic mass is 10.1. The van der Waals surface area contributed by atoms with Crippen LogP contribution in [-0.2, 0) is 4.79 Å². The first-order valence-electron chi connectivity index (χ1n) is 3.53. The molecular formula is C9H4Cl4O. The van der Waals surface area contributed by atoms with Crippen LogP contribution in [0.25, 0.3) is 5.57 Å². The summed E-state index contributed by atoms with van der Waals surface area (Å²) in [6.07, 6.45) is 0. The fraction of sp³-hybridized carbons (Fsp3) is 0. The maximum absolute atomic E-state index is 11.0. The highest BCUT2D eigenvalue weighted by molar-refractivity contribution is 6.78. The van der Waals surface area contributed by atoms with Crippen LogP contribution in [0.4, 0.5) is 0 Å². The number of halogens is 4. The van der Waals surface area contributed by atoms with Gasteiger partial charge >= 0.3 is 0 Å². The van der Waals surface area contributed by atoms with Gasteiger partial charge in [0.15, 0.2) is 0 Å². The quantitative estimate of drug-likeness (QED) is 0.579. The molecule has 0 aromatic heterocycles. The Morgan fingerprint density at radius 2 is 1.50 bits per heavy atom. The van der Waals surface area contributed by atoms with Crippen molar-refractivity contribution in [2.45, 2.75) is 0 Å². The SMILES string of the molecule is O=C(Cl)C(=C(Cl)Cl)c1ccc(Cl)cc1. The van der Waals surface area contributed by atoms with Crippen LogP contribution in [0.2, 0.25) is 5.02 Å². The Hall–Kier alpha value is -0.210. The lowest BCUT2D eigenvalue weighted by Gasteiger charge is -2.02. The van der Waals surface area contributed by atoms with Crippen LogP contribution in [0.15, 0.2) is 28.8 Å². The van der Waals surface area contributed by atoms with E-state index < -0.39 is 5.24 Å². The van der Waals surface area contributed by atoms with Gasteiger partial charge in [-0.2, -0.15) is 0 Å². The average Bonchev–Trinajstić information content (AvgIpc) is 2.07. The fourth-order valence-electron chi connectivity index (χ4n) is 0.913. The van der Waals surface area contributed by atoms with E-state index >= 15 is 0 Å². The molecule has 0 heterocycles. The molecule has 0 spiro atoms. The molecule has 0 saturated heterocycles. The van der Waals surface area contributed by atoms with Crippen molar-refractivity contribution in [3.8, 4) is 0 Å². The number of rotatable bonds is 2. The summed E-state index contributed by atoms with van der Waals surface area (Å²) in [6, 6.07) is 6.46. The molecule has 0 amide bonds. The number of hydrogen-bond donors (Lipinski definition) is 0. The Morgan fingerprint density at radius 1 is 1.00 bits per heavy atom. The van der Waals surface area contributed by atoms with Crippen molar-refractivity contribution in [1.82, 2.24) is 0 Å². The fourth-order valence-corrected chi connectivity index (χ4v) is 1.73. The van der Waals surface area contributed by atoms with E-state index in [9.17, 15) is 4.79 Å². The predicted molar refractivity (Wildman–Crippen MR) is 60.9 cm³/mol. The number of allylic oxidation sites excluding steroid dienone is 1. The van der Waals surface area contributed by atoms with Crippen LogP contribution in [0.3, 0.4) is 0 Å². The van der Waals surface area contributed by atoms with Crippen molar-refractivity contribution >= 4 is 57.2 Å². The molecule has 14 heavy (non-hydrogen) atoms. The monoisotopic (exact) mass is 268 g/mol. The molecule has 0 N–H and O–H groups in total. The molecule has 0 radical (unpaired) electrons. The van der Waals surface area contributed by atoms with Crippen molar-refractivity contribution in [3.63, 3.8) is 0 Å². The maximum Gasteiger partial charge on any atom is 0.255 e. The van der Waals surface area contributed by atoms with Crippen LogP contribution in [0.1, 0.15) is 5.56 Å². The first-order valence-corrected chi connectivity index (χ1v) is 5.04. The molecule has 0 aliphatic heterocycles. The minimum Gasteiger partial charge on any atom is -0.275 e. The van der Waals surface area contributed by atoms with E-state index in [1.54, 1.807) is 24.3 Å². The van der Waals surface area contributed by atoms with Crippen LogP contribution < -0.4 is 0 Å². The summed E-state index contributed by atoms with van der Waals surface area (Å²) in [5.74, 6) is 0. The summed E-state index contributed by atoms with van der Waals surface area (Å²) >= 11 is 22.0. The van der Waals surface area contributed by atoms with Crippen molar-refractivity contribution in [2.75, 3.05) is 0 Å². The Morgan fingerprint density at radius 3 is 1.86 bits per heavy atom. The first-order chi connectivity index (χ1) is 6.52. The highest BCUT2D eigenvalue weighted by atomic mass is 35.5. The van der Waals surface area contributed by atoms with E-state index in [0.29, 0.717) is 10.6 Å². The molecule has 0 fully saturated rings. The van der Waals surface area contributed by atoms with Gasteiger partial charge in [0, 0.05) is 5.02 Å². The van der Waals surface area contributed by atoms with Crippen LogP contribution >= 0.6 is 46.4 Å². The van der Waals surface area contributed by atoms with Gasteiger partial charge in [0.1, 0.15) is 4.49 Å². The van der Waals surface area contributed by atoms with E-state index in [0.717, 1.165) is 0 Å². The molecule has 1 aromatic carbocycles. The Balaban J connectivity index is 3.21. The molecule has 1 aromatic rings. The second-order valence-electron chi connectivity index (χ2n) is 2.42. The summed E-state index contributed by atoms with van der Waals surface area (Å²) in [5, 5.41) is -0.145. The summed E-state index contributed by atoms with van der Waals surface area (Å²) < 4.78 is -0.160. The normalized spacial score (nSPS) is 9.71. The molecule has 5 heteroatoms. The lowest BCUT2D eigenvalue weighted by molar-refractivity contribution is -0.106. The molecule has 0 unspecified atom stereocenters. The van der Waals surface area contributed by atoms with Crippen LogP contribution in [0.5, 0.6) is 0 Å². The molecule has 1 rings (SSSR count). The molecular weight excluding hydrogens is 266 g/mol. The molecule has 0 bridgehead atoms. The molecule has 0 aliphatic carbocycles. The molecule has 74 valence electrons. The zero-order valence-corrected chi connectivity index (χ0v) is 9.75. The van der Waals surface area contributed by atoms with Gasteiger partial charge in [-0.25, -0.2) is 0 Å². The van der Waals surface area contributed by atoms with Crippen molar-refractivity contribution in [1.29, 1.82) is 0 Å². The topological polar surface area (TPSA) is 17.1 Å². The molecule has 1 nitrogen and oxygen atoms in total. The Kier molecular flexibility index (Phi) is 4.27. The van der Waals surface area contributed by atoms with Gasteiger partial charge in [0.25, 0.3) is 5.24 Å². The predicted octanol–water partition coefficient (Wildman–Crippen LogP) is 4.25. The molecule has 0 saturated carbocycles. The van der Waals surface area contributed by atoms with Gasteiger partial charge < -0.3 is 0 Å². The smallest absolute Gasteiger partial charge is 0.255 e. The van der Waals surface area contributed by atoms with Crippen molar-refractivity contribution < 1.29 is 4.79 Å². The number of carbonyl (C=O) groups is 1. The lowest BCUT2D eigenvalue weighted by Crippen LogP contribution is -1.93. The maximum atomic E-state index is 11.0. The van der Waals surface area contributed by atoms with Gasteiger partial charge in [-0.1, -0.05) is 46.9 Å². The molecule has 0 atom stereocenters. The van der Waals surface area contributed by atoms with Gasteiger partial charge in [0.2, 0.25) is 0 Å². The zero-order chi connectivity index (χ0) is 10.7. The second kappa shape index (κ2) is 5.04. The van der Waals surface area contributed by atoms with Gasteiger partial charge in [-0.05, 0) is 29.3 Å². The third kappa shape index (κ3) is 2.89. The van der Waals surface area contributed by atoms with E-state index in [4.69, 9.17) is 46.4 Å². The second-order valence-corrected chi connectivity index (χ2v) is 4.15. The van der Waals surface area contributed by atoms with Gasteiger partial charge in [-0.3, -0.25) is 4.79 Å². The van der Waals surface area contributed by atoms with Crippen molar-refractivity contribution in [3.05, 3.63) is 39.3 Å². The average molecular weight is 270 g/mol. The number of hydrogen-bond acceptors (Lipinski definition) is 1. The summed E-state index contributed by atoms with van der Waals surface area (Å²) in [5.41, 5.74) is 0.612. The van der Waals surface area contributed by atoms with E-state index in [2.05, 4.69) is 0 Å². The van der Waals surface area contributed by atoms with Gasteiger partial charge in [0.05, 0.1) is 5.57 Å². The highest BCUT2D eigenvalue weighted by Gasteiger charge is 2.13. The Bertz CT molecular complexity index is 376. The van der Waals surface area contributed by atoms with Crippen LogP contribution in [-0.4, -0.2) is 5.24 Å². The van der Waals surface area contributed by atoms with Crippen LogP contribution in [0, 0.1) is 0 Å². The summed E-state index contributed by atoms with van der Waals surface area (Å²) in [4.78, 5) is 11.0. The van der Waals surface area contributed by atoms with E-state index in [-0.39, 0.29) is 10.1 Å². The zero-order valence-electron chi connectivity index (χ0n) is 6.73. The largest absolute Gasteiger partial charge is 0.275 e. The molecule has 0 aliphatic rings. The minimum absolute atomic E-state index is 0.0756.